The molecule has 2 N–H and O–H groups in total. The topological polar surface area (TPSA) is 40.7 Å². The summed E-state index contributed by atoms with van der Waals surface area (Å²) in [6.07, 6.45) is 1.87. The molecule has 0 radical (unpaired) electrons. The van der Waals surface area contributed by atoms with Crippen molar-refractivity contribution in [2.45, 2.75) is 6.54 Å². The van der Waals surface area contributed by atoms with Gasteiger partial charge in [-0.05, 0) is 41.9 Å². The first kappa shape index (κ1) is 13.0. The van der Waals surface area contributed by atoms with Crippen LogP contribution in [-0.2, 0) is 6.54 Å². The molecule has 4 rings (SSSR count). The van der Waals surface area contributed by atoms with E-state index in [-0.39, 0.29) is 0 Å². The Hall–Kier alpha value is -2.65. The van der Waals surface area contributed by atoms with E-state index in [0.29, 0.717) is 0 Å². The zero-order valence-corrected chi connectivity index (χ0v) is 12.4. The Balaban J connectivity index is 2.00. The van der Waals surface area contributed by atoms with Crippen LogP contribution in [0.25, 0.3) is 33.1 Å². The highest BCUT2D eigenvalue weighted by Crippen LogP contribution is 2.33. The molecule has 0 aliphatic rings. The zero-order valence-electron chi connectivity index (χ0n) is 12.4. The minimum atomic E-state index is 0.871. The van der Waals surface area contributed by atoms with E-state index < -0.39 is 0 Å². The molecule has 0 aliphatic carbocycles. The molecule has 0 aliphatic heterocycles. The fraction of sp³-hybridized carbons (Fsp3) is 0.105. The standard InChI is InChI=1S/C19H17N3/c1-20-12-13-5-4-6-14(11-13)15-9-10-21-19-18(15)16-7-2-3-8-17(16)22-19/h2-11,20H,12H2,1H3,(H,21,22). The molecule has 108 valence electrons. The molecule has 2 aromatic carbocycles. The van der Waals surface area contributed by atoms with Crippen LogP contribution in [0.2, 0.25) is 0 Å². The third-order valence-corrected chi connectivity index (χ3v) is 4.02. The molecule has 0 bridgehead atoms. The molecule has 3 heteroatoms. The van der Waals surface area contributed by atoms with Crippen LogP contribution in [0.15, 0.2) is 60.8 Å². The molecule has 4 aromatic rings. The van der Waals surface area contributed by atoms with E-state index in [9.17, 15) is 0 Å². The maximum Gasteiger partial charge on any atom is 0.138 e. The molecule has 0 amide bonds. The van der Waals surface area contributed by atoms with Crippen molar-refractivity contribution in [2.75, 3.05) is 7.05 Å². The van der Waals surface area contributed by atoms with E-state index in [1.54, 1.807) is 0 Å². The fourth-order valence-electron chi connectivity index (χ4n) is 3.06. The van der Waals surface area contributed by atoms with E-state index in [0.717, 1.165) is 17.7 Å². The molecule has 22 heavy (non-hydrogen) atoms. The van der Waals surface area contributed by atoms with Gasteiger partial charge in [0.2, 0.25) is 0 Å². The maximum absolute atomic E-state index is 4.50. The number of benzene rings is 2. The van der Waals surface area contributed by atoms with Crippen molar-refractivity contribution in [1.82, 2.24) is 15.3 Å². The Kier molecular flexibility index (Phi) is 3.13. The number of H-pyrrole nitrogens is 1. The summed E-state index contributed by atoms with van der Waals surface area (Å²) < 4.78 is 0. The molecule has 3 nitrogen and oxygen atoms in total. The van der Waals surface area contributed by atoms with Crippen LogP contribution < -0.4 is 5.32 Å². The molecule has 0 spiro atoms. The lowest BCUT2D eigenvalue weighted by Gasteiger charge is -2.07. The molecule has 0 unspecified atom stereocenters. The molecule has 2 heterocycles. The van der Waals surface area contributed by atoms with Crippen molar-refractivity contribution in [3.63, 3.8) is 0 Å². The number of hydrogen-bond acceptors (Lipinski definition) is 2. The van der Waals surface area contributed by atoms with Gasteiger partial charge in [-0.15, -0.1) is 0 Å². The van der Waals surface area contributed by atoms with E-state index in [2.05, 4.69) is 63.8 Å². The highest BCUT2D eigenvalue weighted by atomic mass is 14.8. The number of rotatable bonds is 3. The number of pyridine rings is 1. The SMILES string of the molecule is CNCc1cccc(-c2ccnc3[nH]c4ccccc4c23)c1. The number of aromatic amines is 1. The first-order valence-corrected chi connectivity index (χ1v) is 7.46. The molecule has 0 saturated heterocycles. The van der Waals surface area contributed by atoms with Gasteiger partial charge in [-0.3, -0.25) is 0 Å². The second kappa shape index (κ2) is 5.28. The van der Waals surface area contributed by atoms with Gasteiger partial charge in [0.05, 0.1) is 0 Å². The van der Waals surface area contributed by atoms with Crippen molar-refractivity contribution < 1.29 is 0 Å². The largest absolute Gasteiger partial charge is 0.339 e. The van der Waals surface area contributed by atoms with Crippen molar-refractivity contribution >= 4 is 21.9 Å². The summed E-state index contributed by atoms with van der Waals surface area (Å²) in [4.78, 5) is 7.90. The number of hydrogen-bond donors (Lipinski definition) is 2. The lowest BCUT2D eigenvalue weighted by molar-refractivity contribution is 0.818. The van der Waals surface area contributed by atoms with Crippen molar-refractivity contribution in [3.05, 3.63) is 66.4 Å². The summed E-state index contributed by atoms with van der Waals surface area (Å²) in [6, 6.07) is 19.1. The van der Waals surface area contributed by atoms with Gasteiger partial charge in [0.1, 0.15) is 5.65 Å². The van der Waals surface area contributed by atoms with E-state index in [1.807, 2.05) is 19.3 Å². The third-order valence-electron chi connectivity index (χ3n) is 4.02. The minimum Gasteiger partial charge on any atom is -0.339 e. The highest BCUT2D eigenvalue weighted by molar-refractivity contribution is 6.12. The zero-order chi connectivity index (χ0) is 14.9. The Morgan fingerprint density at radius 3 is 2.86 bits per heavy atom. The van der Waals surface area contributed by atoms with Gasteiger partial charge in [-0.25, -0.2) is 4.98 Å². The van der Waals surface area contributed by atoms with Crippen LogP contribution in [0.3, 0.4) is 0 Å². The summed E-state index contributed by atoms with van der Waals surface area (Å²) in [5.74, 6) is 0. The van der Waals surface area contributed by atoms with Crippen LogP contribution >= 0.6 is 0 Å². The Labute approximate surface area is 129 Å². The van der Waals surface area contributed by atoms with Gasteiger partial charge in [-0.2, -0.15) is 0 Å². The number of nitrogens with one attached hydrogen (secondary N) is 2. The average Bonchev–Trinajstić information content (AvgIpc) is 2.94. The van der Waals surface area contributed by atoms with Crippen LogP contribution in [0, 0.1) is 0 Å². The monoisotopic (exact) mass is 287 g/mol. The Morgan fingerprint density at radius 1 is 1.05 bits per heavy atom. The lowest BCUT2D eigenvalue weighted by atomic mass is 9.99. The first-order valence-electron chi connectivity index (χ1n) is 7.46. The van der Waals surface area contributed by atoms with Crippen molar-refractivity contribution in [3.8, 4) is 11.1 Å². The number of nitrogens with zero attached hydrogens (tertiary/aromatic N) is 1. The Morgan fingerprint density at radius 2 is 1.95 bits per heavy atom. The number of fused-ring (bicyclic) bond motifs is 3. The molecule has 2 aromatic heterocycles. The summed E-state index contributed by atoms with van der Waals surface area (Å²) in [5.41, 5.74) is 5.80. The first-order chi connectivity index (χ1) is 10.9. The van der Waals surface area contributed by atoms with E-state index >= 15 is 0 Å². The predicted molar refractivity (Wildman–Crippen MR) is 91.8 cm³/mol. The van der Waals surface area contributed by atoms with Crippen LogP contribution in [0.5, 0.6) is 0 Å². The number of aromatic nitrogens is 2. The van der Waals surface area contributed by atoms with Gasteiger partial charge in [0, 0.05) is 29.0 Å². The average molecular weight is 287 g/mol. The van der Waals surface area contributed by atoms with Gasteiger partial charge in [-0.1, -0.05) is 36.4 Å². The Bertz CT molecular complexity index is 953. The molecule has 0 saturated carbocycles. The summed E-state index contributed by atoms with van der Waals surface area (Å²) in [6.45, 7) is 0.871. The van der Waals surface area contributed by atoms with Crippen molar-refractivity contribution in [2.24, 2.45) is 0 Å². The highest BCUT2D eigenvalue weighted by Gasteiger charge is 2.11. The normalized spacial score (nSPS) is 11.3. The van der Waals surface area contributed by atoms with Crippen LogP contribution in [0.1, 0.15) is 5.56 Å². The second-order valence-corrected chi connectivity index (χ2v) is 5.48. The smallest absolute Gasteiger partial charge is 0.138 e. The van der Waals surface area contributed by atoms with Crippen molar-refractivity contribution in [1.29, 1.82) is 0 Å². The van der Waals surface area contributed by atoms with Crippen LogP contribution in [0.4, 0.5) is 0 Å². The molecular weight excluding hydrogens is 270 g/mol. The van der Waals surface area contributed by atoms with Gasteiger partial charge in [0.25, 0.3) is 0 Å². The van der Waals surface area contributed by atoms with E-state index in [4.69, 9.17) is 0 Å². The van der Waals surface area contributed by atoms with E-state index in [1.165, 1.54) is 27.5 Å². The fourth-order valence-corrected chi connectivity index (χ4v) is 3.06. The lowest BCUT2D eigenvalue weighted by Crippen LogP contribution is -2.04. The number of para-hydroxylation sites is 1. The summed E-state index contributed by atoms with van der Waals surface area (Å²) in [7, 11) is 1.97. The summed E-state index contributed by atoms with van der Waals surface area (Å²) >= 11 is 0. The van der Waals surface area contributed by atoms with Gasteiger partial charge in [0.15, 0.2) is 0 Å². The quantitative estimate of drug-likeness (QED) is 0.595. The summed E-state index contributed by atoms with van der Waals surface area (Å²) in [5, 5.41) is 5.62. The van der Waals surface area contributed by atoms with Gasteiger partial charge >= 0.3 is 0 Å². The molecule has 0 atom stereocenters. The minimum absolute atomic E-state index is 0.871. The predicted octanol–water partition coefficient (Wildman–Crippen LogP) is 4.10. The second-order valence-electron chi connectivity index (χ2n) is 5.48. The molecule has 0 fully saturated rings. The van der Waals surface area contributed by atoms with Crippen LogP contribution in [-0.4, -0.2) is 17.0 Å². The third kappa shape index (κ3) is 2.07. The molecular formula is C19H17N3. The maximum atomic E-state index is 4.50. The van der Waals surface area contributed by atoms with Gasteiger partial charge < -0.3 is 10.3 Å².